The Morgan fingerprint density at radius 2 is 1.81 bits per heavy atom. The molecule has 0 saturated carbocycles. The third-order valence-electron chi connectivity index (χ3n) is 4.11. The molecule has 1 aromatic heterocycles. The maximum atomic E-state index is 4.17. The van der Waals surface area contributed by atoms with E-state index in [2.05, 4.69) is 96.5 Å². The van der Waals surface area contributed by atoms with Gasteiger partial charge in [-0.15, -0.1) is 35.2 Å². The number of rotatable bonds is 0. The molecular weight excluding hydrogens is 540 g/mol. The van der Waals surface area contributed by atoms with Crippen LogP contribution in [0.4, 0.5) is 0 Å². The molecule has 5 rings (SSSR count). The third-order valence-corrected chi connectivity index (χ3v) is 4.61. The molecule has 0 saturated heterocycles. The summed E-state index contributed by atoms with van der Waals surface area (Å²) in [6.45, 7) is 0. The average Bonchev–Trinajstić information content (AvgIpc) is 3.27. The molecule has 4 aromatic rings. The van der Waals surface area contributed by atoms with Crippen molar-refractivity contribution in [2.45, 2.75) is 6.42 Å². The second-order valence-electron chi connectivity index (χ2n) is 5.58. The first-order valence-electron chi connectivity index (χ1n) is 7.75. The Kier molecular flexibility index (Phi) is 10.9. The van der Waals surface area contributed by atoms with Crippen LogP contribution in [0.2, 0.25) is 0 Å². The van der Waals surface area contributed by atoms with Gasteiger partial charge in [0.15, 0.2) is 0 Å². The van der Waals surface area contributed by atoms with Crippen LogP contribution in [-0.4, -0.2) is 4.98 Å². The average molecular weight is 554 g/mol. The number of aromatic nitrogens is 1. The van der Waals surface area contributed by atoms with Gasteiger partial charge in [0, 0.05) is 4.47 Å². The van der Waals surface area contributed by atoms with E-state index in [0.717, 1.165) is 33.6 Å². The summed E-state index contributed by atoms with van der Waals surface area (Å²) >= 11 is 4.62. The molecule has 1 aliphatic rings. The van der Waals surface area contributed by atoms with Crippen molar-refractivity contribution >= 4 is 35.6 Å². The van der Waals surface area contributed by atoms with Crippen LogP contribution in [0.3, 0.4) is 0 Å². The number of benzene rings is 2. The second-order valence-corrected chi connectivity index (χ2v) is 6.49. The quantitative estimate of drug-likeness (QED) is 0.258. The van der Waals surface area contributed by atoms with Crippen molar-refractivity contribution in [3.05, 3.63) is 94.7 Å². The van der Waals surface area contributed by atoms with E-state index in [-0.39, 0.29) is 24.8 Å². The van der Waals surface area contributed by atoms with Crippen LogP contribution in [0.1, 0.15) is 11.1 Å². The van der Waals surface area contributed by atoms with Crippen LogP contribution < -0.4 is 24.8 Å². The minimum Gasteiger partial charge on any atom is -0.168 e. The van der Waals surface area contributed by atoms with E-state index in [1.165, 1.54) is 33.0 Å². The van der Waals surface area contributed by atoms with Crippen molar-refractivity contribution in [2.75, 3.05) is 0 Å². The Morgan fingerprint density at radius 1 is 1.04 bits per heavy atom. The SMILES string of the molecule is Brc1ccc2c(c1)Cc1[c-]cncc1-2.[Cl-].[Cl-].[S]=[Zr+2].c1ccc2[cH-]ccc2c1. The summed E-state index contributed by atoms with van der Waals surface area (Å²) in [5.74, 6) is 0. The smallest absolute Gasteiger partial charge is 0.0809 e. The zero-order valence-corrected chi connectivity index (χ0v) is 20.5. The number of fused-ring (bicyclic) bond motifs is 4. The van der Waals surface area contributed by atoms with E-state index in [9.17, 15) is 0 Å². The van der Waals surface area contributed by atoms with Crippen LogP contribution in [-0.2, 0) is 29.1 Å². The summed E-state index contributed by atoms with van der Waals surface area (Å²) in [6, 6.07) is 24.2. The second kappa shape index (κ2) is 12.0. The molecule has 0 aliphatic heterocycles. The van der Waals surface area contributed by atoms with E-state index in [4.69, 9.17) is 0 Å². The Bertz CT molecular complexity index is 976. The van der Waals surface area contributed by atoms with Crippen LogP contribution in [0, 0.1) is 6.07 Å². The molecule has 0 radical (unpaired) electrons. The molecule has 27 heavy (non-hydrogen) atoms. The van der Waals surface area contributed by atoms with Gasteiger partial charge in [0.1, 0.15) is 0 Å². The number of hydrogen-bond acceptors (Lipinski definition) is 2. The predicted molar refractivity (Wildman–Crippen MR) is 106 cm³/mol. The summed E-state index contributed by atoms with van der Waals surface area (Å²) in [6.07, 6.45) is 4.64. The van der Waals surface area contributed by atoms with Gasteiger partial charge in [0.2, 0.25) is 0 Å². The van der Waals surface area contributed by atoms with E-state index < -0.39 is 0 Å². The monoisotopic (exact) mass is 551 g/mol. The van der Waals surface area contributed by atoms with Crippen LogP contribution in [0.25, 0.3) is 21.9 Å². The number of pyridine rings is 1. The summed E-state index contributed by atoms with van der Waals surface area (Å²) in [7, 11) is 4.17. The first kappa shape index (κ1) is 24.4. The van der Waals surface area contributed by atoms with Gasteiger partial charge in [-0.2, -0.15) is 17.5 Å². The molecule has 0 N–H and O–H groups in total. The fourth-order valence-corrected chi connectivity index (χ4v) is 3.40. The zero-order chi connectivity index (χ0) is 17.6. The number of halogens is 3. The number of hydrogen-bond donors (Lipinski definition) is 0. The Morgan fingerprint density at radius 3 is 2.59 bits per heavy atom. The minimum absolute atomic E-state index is 0. The number of nitrogens with zero attached hydrogens (tertiary/aromatic N) is 1. The molecule has 0 spiro atoms. The van der Waals surface area contributed by atoms with Gasteiger partial charge in [0.05, 0.1) is 0 Å². The minimum atomic E-state index is 0. The Labute approximate surface area is 198 Å². The maximum Gasteiger partial charge on any atom is -0.0809 e. The van der Waals surface area contributed by atoms with Crippen molar-refractivity contribution in [1.29, 1.82) is 0 Å². The molecule has 136 valence electrons. The van der Waals surface area contributed by atoms with Crippen molar-refractivity contribution < 1.29 is 47.5 Å². The maximum absolute atomic E-state index is 4.17. The fourth-order valence-electron chi connectivity index (χ4n) is 2.99. The Hall–Kier alpha value is -0.637. The van der Waals surface area contributed by atoms with Gasteiger partial charge < -0.3 is 29.8 Å². The Balaban J connectivity index is 0.000000247. The van der Waals surface area contributed by atoms with Gasteiger partial charge in [-0.3, -0.25) is 0 Å². The molecule has 3 aromatic carbocycles. The van der Waals surface area contributed by atoms with Crippen LogP contribution in [0.15, 0.2) is 77.5 Å². The van der Waals surface area contributed by atoms with Crippen LogP contribution in [0.5, 0.6) is 0 Å². The molecule has 0 unspecified atom stereocenters. The molecule has 1 heterocycles. The van der Waals surface area contributed by atoms with Crippen molar-refractivity contribution in [3.8, 4) is 11.1 Å². The molecular formula is C21H14BrCl2NSZr-2. The van der Waals surface area contributed by atoms with Gasteiger partial charge in [-0.25, -0.2) is 11.6 Å². The van der Waals surface area contributed by atoms with E-state index in [0.29, 0.717) is 0 Å². The van der Waals surface area contributed by atoms with Crippen molar-refractivity contribution in [2.24, 2.45) is 0 Å². The fraction of sp³-hybridized carbons (Fsp3) is 0.0476. The molecule has 0 atom stereocenters. The predicted octanol–water partition coefficient (Wildman–Crippen LogP) is 0.428. The van der Waals surface area contributed by atoms with Crippen molar-refractivity contribution in [1.82, 2.24) is 4.98 Å². The molecule has 1 nitrogen and oxygen atoms in total. The van der Waals surface area contributed by atoms with Gasteiger partial charge in [-0.1, -0.05) is 45.4 Å². The topological polar surface area (TPSA) is 12.9 Å². The zero-order valence-electron chi connectivity index (χ0n) is 14.1. The van der Waals surface area contributed by atoms with Gasteiger partial charge >= 0.3 is 31.5 Å². The summed E-state index contributed by atoms with van der Waals surface area (Å²) < 4.78 is 1.14. The largest absolute Gasteiger partial charge is 0.168 e. The molecule has 6 heteroatoms. The first-order valence-corrected chi connectivity index (χ1v) is 12.0. The first-order chi connectivity index (χ1) is 12.3. The van der Waals surface area contributed by atoms with Gasteiger partial charge in [-0.05, 0) is 24.8 Å². The van der Waals surface area contributed by atoms with E-state index in [1.54, 1.807) is 6.20 Å². The summed E-state index contributed by atoms with van der Waals surface area (Å²) in [5.41, 5.74) is 5.15. The van der Waals surface area contributed by atoms with Crippen molar-refractivity contribution in [3.63, 3.8) is 0 Å². The molecule has 0 fully saturated rings. The normalized spacial score (nSPS) is 10.0. The van der Waals surface area contributed by atoms with Gasteiger partial charge in [0.25, 0.3) is 0 Å². The molecule has 0 amide bonds. The standard InChI is InChI=1S/C12H7BrN.C9H7.2ClH.S.Zr/c13-10-1-2-11-9(6-10)5-8-3-4-14-7-12(8)11;1-2-5-9-7-3-6-8(9)4-1;;;;/h1-2,4,6-7H,5H2;1-7H;2*1H;;/q2*-1;;;;+2/p-2. The summed E-state index contributed by atoms with van der Waals surface area (Å²) in [4.78, 5) is 4.11. The molecule has 1 aliphatic carbocycles. The van der Waals surface area contributed by atoms with E-state index in [1.807, 2.05) is 6.20 Å². The molecule has 0 bridgehead atoms. The summed E-state index contributed by atoms with van der Waals surface area (Å²) in [5, 5.41) is 2.66. The third kappa shape index (κ3) is 5.92. The van der Waals surface area contributed by atoms with Crippen LogP contribution >= 0.6 is 24.8 Å². The van der Waals surface area contributed by atoms with E-state index >= 15 is 0 Å².